The van der Waals surface area contributed by atoms with Crippen molar-refractivity contribution < 1.29 is 4.74 Å². The second-order valence-corrected chi connectivity index (χ2v) is 5.34. The van der Waals surface area contributed by atoms with Gasteiger partial charge in [-0.05, 0) is 30.3 Å². The quantitative estimate of drug-likeness (QED) is 0.577. The van der Waals surface area contributed by atoms with E-state index < -0.39 is 0 Å². The molecule has 3 aromatic rings. The largest absolute Gasteiger partial charge is 0.439 e. The van der Waals surface area contributed by atoms with E-state index >= 15 is 0 Å². The maximum Gasteiger partial charge on any atom is 0.223 e. The highest BCUT2D eigenvalue weighted by atomic mass is 79.9. The molecule has 0 bridgehead atoms. The van der Waals surface area contributed by atoms with Crippen LogP contribution in [0, 0.1) is 0 Å². The fourth-order valence-electron chi connectivity index (χ4n) is 1.97. The Labute approximate surface area is 130 Å². The lowest BCUT2D eigenvalue weighted by atomic mass is 10.2. The molecule has 0 amide bonds. The van der Waals surface area contributed by atoms with Crippen LogP contribution < -0.4 is 4.74 Å². The summed E-state index contributed by atoms with van der Waals surface area (Å²) in [5.41, 5.74) is 1.91. The number of hydrogen-bond donors (Lipinski definition) is 0. The van der Waals surface area contributed by atoms with Gasteiger partial charge in [-0.25, -0.2) is 4.98 Å². The molecule has 0 saturated heterocycles. The van der Waals surface area contributed by atoms with E-state index in [1.807, 2.05) is 42.5 Å². The molecular weight excluding hydrogens is 338 g/mol. The van der Waals surface area contributed by atoms with Gasteiger partial charge in [0.1, 0.15) is 5.75 Å². The average molecular weight is 349 g/mol. The third-order valence-corrected chi connectivity index (χ3v) is 3.76. The molecule has 1 aromatic heterocycles. The van der Waals surface area contributed by atoms with Crippen molar-refractivity contribution in [2.24, 2.45) is 0 Å². The average Bonchev–Trinajstić information content (AvgIpc) is 2.46. The molecule has 0 unspecified atom stereocenters. The van der Waals surface area contributed by atoms with E-state index in [1.54, 1.807) is 6.07 Å². The van der Waals surface area contributed by atoms with Crippen molar-refractivity contribution >= 4 is 38.4 Å². The summed E-state index contributed by atoms with van der Waals surface area (Å²) < 4.78 is 5.86. The molecule has 0 atom stereocenters. The van der Waals surface area contributed by atoms with Gasteiger partial charge in [0, 0.05) is 21.3 Å². The van der Waals surface area contributed by atoms with Crippen molar-refractivity contribution in [1.82, 2.24) is 4.98 Å². The van der Waals surface area contributed by atoms with E-state index in [1.165, 1.54) is 0 Å². The summed E-state index contributed by atoms with van der Waals surface area (Å²) in [5, 5.41) is 2.42. The minimum Gasteiger partial charge on any atom is -0.439 e. The molecule has 2 aromatic carbocycles. The first-order valence-electron chi connectivity index (χ1n) is 6.14. The topological polar surface area (TPSA) is 22.1 Å². The summed E-state index contributed by atoms with van der Waals surface area (Å²) >= 11 is 9.45. The minimum atomic E-state index is 0.600. The molecule has 0 aliphatic rings. The van der Waals surface area contributed by atoms with Crippen LogP contribution in [-0.4, -0.2) is 4.98 Å². The lowest BCUT2D eigenvalue weighted by molar-refractivity contribution is 0.461. The Morgan fingerprint density at radius 2 is 1.90 bits per heavy atom. The first-order chi connectivity index (χ1) is 9.76. The summed E-state index contributed by atoms with van der Waals surface area (Å²) in [6.07, 6.45) is 0. The van der Waals surface area contributed by atoms with Crippen LogP contribution in [0.4, 0.5) is 0 Å². The molecule has 0 aliphatic heterocycles. The number of para-hydroxylation sites is 1. The highest BCUT2D eigenvalue weighted by Gasteiger charge is 2.08. The van der Waals surface area contributed by atoms with Gasteiger partial charge in [-0.15, -0.1) is 0 Å². The van der Waals surface area contributed by atoms with E-state index in [2.05, 4.69) is 27.0 Å². The van der Waals surface area contributed by atoms with Crippen LogP contribution >= 0.6 is 27.5 Å². The van der Waals surface area contributed by atoms with Crippen molar-refractivity contribution in [2.45, 2.75) is 5.33 Å². The Kier molecular flexibility index (Phi) is 3.90. The predicted octanol–water partition coefficient (Wildman–Crippen LogP) is 5.58. The van der Waals surface area contributed by atoms with Crippen LogP contribution in [0.2, 0.25) is 5.02 Å². The molecule has 0 spiro atoms. The Bertz CT molecular complexity index is 760. The summed E-state index contributed by atoms with van der Waals surface area (Å²) in [6.45, 7) is 0. The highest BCUT2D eigenvalue weighted by Crippen LogP contribution is 2.29. The monoisotopic (exact) mass is 347 g/mol. The summed E-state index contributed by atoms with van der Waals surface area (Å²) in [6, 6.07) is 17.4. The van der Waals surface area contributed by atoms with Gasteiger partial charge < -0.3 is 4.74 Å². The summed E-state index contributed by atoms with van der Waals surface area (Å²) in [7, 11) is 0. The Morgan fingerprint density at radius 3 is 2.70 bits per heavy atom. The second kappa shape index (κ2) is 5.81. The Hall–Kier alpha value is -1.58. The second-order valence-electron chi connectivity index (χ2n) is 4.34. The van der Waals surface area contributed by atoms with Crippen molar-refractivity contribution in [2.75, 3.05) is 0 Å². The fraction of sp³-hybridized carbons (Fsp3) is 0.0625. The molecule has 0 aliphatic carbocycles. The molecule has 3 rings (SSSR count). The number of ether oxygens (including phenoxy) is 1. The third kappa shape index (κ3) is 2.79. The van der Waals surface area contributed by atoms with E-state index in [0.717, 1.165) is 16.5 Å². The first kappa shape index (κ1) is 13.4. The zero-order chi connectivity index (χ0) is 13.9. The van der Waals surface area contributed by atoms with Crippen LogP contribution in [0.15, 0.2) is 54.6 Å². The van der Waals surface area contributed by atoms with Gasteiger partial charge in [0.15, 0.2) is 0 Å². The van der Waals surface area contributed by atoms with Gasteiger partial charge in [0.05, 0.1) is 5.52 Å². The molecule has 0 fully saturated rings. The third-order valence-electron chi connectivity index (χ3n) is 2.92. The van der Waals surface area contributed by atoms with Gasteiger partial charge in [0.2, 0.25) is 5.88 Å². The number of alkyl halides is 1. The van der Waals surface area contributed by atoms with Crippen molar-refractivity contribution in [3.63, 3.8) is 0 Å². The summed E-state index contributed by atoms with van der Waals surface area (Å²) in [5.74, 6) is 1.28. The van der Waals surface area contributed by atoms with E-state index in [0.29, 0.717) is 22.0 Å². The lowest BCUT2D eigenvalue weighted by Gasteiger charge is -2.10. The van der Waals surface area contributed by atoms with E-state index in [-0.39, 0.29) is 0 Å². The van der Waals surface area contributed by atoms with Crippen LogP contribution in [0.5, 0.6) is 11.6 Å². The number of benzene rings is 2. The van der Waals surface area contributed by atoms with Crippen LogP contribution in [0.1, 0.15) is 5.56 Å². The number of fused-ring (bicyclic) bond motifs is 1. The molecule has 4 heteroatoms. The van der Waals surface area contributed by atoms with Crippen molar-refractivity contribution in [3.8, 4) is 11.6 Å². The number of pyridine rings is 1. The fourth-order valence-corrected chi connectivity index (χ4v) is 2.55. The number of nitrogens with zero attached hydrogens (tertiary/aromatic N) is 1. The number of hydrogen-bond acceptors (Lipinski definition) is 2. The van der Waals surface area contributed by atoms with Crippen molar-refractivity contribution in [3.05, 3.63) is 65.2 Å². The number of aromatic nitrogens is 1. The standard InChI is InChI=1S/C16H11BrClNO/c17-10-12-8-11-4-1-2-7-15(11)19-16(12)20-14-6-3-5-13(18)9-14/h1-9H,10H2. The van der Waals surface area contributed by atoms with Gasteiger partial charge in [0.25, 0.3) is 0 Å². The zero-order valence-electron chi connectivity index (χ0n) is 10.5. The smallest absolute Gasteiger partial charge is 0.223 e. The Morgan fingerprint density at radius 1 is 1.05 bits per heavy atom. The Balaban J connectivity index is 2.05. The van der Waals surface area contributed by atoms with Gasteiger partial charge in [-0.1, -0.05) is 51.8 Å². The maximum absolute atomic E-state index is 5.97. The molecule has 2 nitrogen and oxygen atoms in total. The normalized spacial score (nSPS) is 10.7. The predicted molar refractivity (Wildman–Crippen MR) is 85.9 cm³/mol. The first-order valence-corrected chi connectivity index (χ1v) is 7.64. The van der Waals surface area contributed by atoms with Gasteiger partial charge >= 0.3 is 0 Å². The highest BCUT2D eigenvalue weighted by molar-refractivity contribution is 9.08. The lowest BCUT2D eigenvalue weighted by Crippen LogP contribution is -1.94. The van der Waals surface area contributed by atoms with Crippen LogP contribution in [0.25, 0.3) is 10.9 Å². The number of rotatable bonds is 3. The molecule has 0 N–H and O–H groups in total. The molecule has 0 radical (unpaired) electrons. The zero-order valence-corrected chi connectivity index (χ0v) is 12.9. The van der Waals surface area contributed by atoms with E-state index in [4.69, 9.17) is 16.3 Å². The molecule has 1 heterocycles. The van der Waals surface area contributed by atoms with Gasteiger partial charge in [-0.3, -0.25) is 0 Å². The van der Waals surface area contributed by atoms with Gasteiger partial charge in [-0.2, -0.15) is 0 Å². The summed E-state index contributed by atoms with van der Waals surface area (Å²) in [4.78, 5) is 4.58. The van der Waals surface area contributed by atoms with E-state index in [9.17, 15) is 0 Å². The van der Waals surface area contributed by atoms with Crippen LogP contribution in [-0.2, 0) is 5.33 Å². The number of halogens is 2. The molecular formula is C16H11BrClNO. The molecule has 20 heavy (non-hydrogen) atoms. The SMILES string of the molecule is Clc1cccc(Oc2nc3ccccc3cc2CBr)c1. The maximum atomic E-state index is 5.97. The van der Waals surface area contributed by atoms with Crippen LogP contribution in [0.3, 0.4) is 0 Å². The van der Waals surface area contributed by atoms with Crippen molar-refractivity contribution in [1.29, 1.82) is 0 Å². The molecule has 0 saturated carbocycles. The molecule has 100 valence electrons. The minimum absolute atomic E-state index is 0.600.